The highest BCUT2D eigenvalue weighted by molar-refractivity contribution is 5.98. The van der Waals surface area contributed by atoms with Crippen molar-refractivity contribution in [1.29, 1.82) is 0 Å². The summed E-state index contributed by atoms with van der Waals surface area (Å²) in [6.45, 7) is 6.26. The molecule has 1 heterocycles. The monoisotopic (exact) mass is 276 g/mol. The van der Waals surface area contributed by atoms with Crippen LogP contribution < -0.4 is 5.32 Å². The van der Waals surface area contributed by atoms with Gasteiger partial charge in [-0.15, -0.1) is 0 Å². The molecule has 1 fully saturated rings. The fourth-order valence-electron chi connectivity index (χ4n) is 2.19. The van der Waals surface area contributed by atoms with Crippen molar-refractivity contribution in [3.8, 4) is 0 Å². The maximum absolute atomic E-state index is 12.2. The summed E-state index contributed by atoms with van der Waals surface area (Å²) in [5.41, 5.74) is 1.25. The summed E-state index contributed by atoms with van der Waals surface area (Å²) in [5.74, 6) is -0.0741. The predicted octanol–water partition coefficient (Wildman–Crippen LogP) is 1.55. The number of carbonyl (C=O) groups excluding carboxylic acids is 2. The topological polar surface area (TPSA) is 58.6 Å². The number of nitrogens with one attached hydrogen (secondary N) is 1. The number of hydrogen-bond donors (Lipinski definition) is 1. The van der Waals surface area contributed by atoms with Crippen molar-refractivity contribution in [3.05, 3.63) is 29.8 Å². The van der Waals surface area contributed by atoms with E-state index in [1.807, 2.05) is 6.92 Å². The van der Waals surface area contributed by atoms with Crippen molar-refractivity contribution in [1.82, 2.24) is 4.90 Å². The van der Waals surface area contributed by atoms with E-state index < -0.39 is 0 Å². The quantitative estimate of drug-likeness (QED) is 0.848. The second-order valence-electron chi connectivity index (χ2n) is 4.95. The van der Waals surface area contributed by atoms with Crippen LogP contribution in [0.2, 0.25) is 0 Å². The summed E-state index contributed by atoms with van der Waals surface area (Å²) >= 11 is 0. The molecule has 1 aliphatic rings. The molecule has 2 rings (SSSR count). The van der Waals surface area contributed by atoms with E-state index in [0.717, 1.165) is 13.1 Å². The van der Waals surface area contributed by atoms with Gasteiger partial charge in [-0.05, 0) is 26.0 Å². The van der Waals surface area contributed by atoms with Gasteiger partial charge in [0.2, 0.25) is 5.91 Å². The standard InChI is InChI=1S/C15H20N2O3/c1-11(17-6-8-20-9-7-17)15(19)16-14-5-3-4-13(10-14)12(2)18/h3-5,10-11H,6-9H2,1-2H3,(H,16,19)/t11-/m1/s1. The molecule has 0 bridgehead atoms. The number of ether oxygens (including phenoxy) is 1. The summed E-state index contributed by atoms with van der Waals surface area (Å²) in [6.07, 6.45) is 0. The molecule has 0 aliphatic carbocycles. The zero-order valence-electron chi connectivity index (χ0n) is 11.9. The smallest absolute Gasteiger partial charge is 0.241 e. The van der Waals surface area contributed by atoms with Crippen molar-refractivity contribution in [2.45, 2.75) is 19.9 Å². The van der Waals surface area contributed by atoms with Crippen LogP contribution in [0.15, 0.2) is 24.3 Å². The van der Waals surface area contributed by atoms with Crippen molar-refractivity contribution in [2.75, 3.05) is 31.6 Å². The molecule has 108 valence electrons. The lowest BCUT2D eigenvalue weighted by atomic mass is 10.1. The minimum atomic E-state index is -0.208. The Morgan fingerprint density at radius 3 is 2.65 bits per heavy atom. The van der Waals surface area contributed by atoms with Crippen LogP contribution in [-0.4, -0.2) is 48.9 Å². The van der Waals surface area contributed by atoms with Gasteiger partial charge in [-0.25, -0.2) is 0 Å². The number of morpholine rings is 1. The molecule has 5 heteroatoms. The molecule has 1 aromatic rings. The average molecular weight is 276 g/mol. The molecular formula is C15H20N2O3. The third-order valence-corrected chi connectivity index (χ3v) is 3.51. The Labute approximate surface area is 118 Å². The Morgan fingerprint density at radius 2 is 2.00 bits per heavy atom. The van der Waals surface area contributed by atoms with Gasteiger partial charge >= 0.3 is 0 Å². The first kappa shape index (κ1) is 14.7. The molecule has 1 aliphatic heterocycles. The van der Waals surface area contributed by atoms with Crippen molar-refractivity contribution < 1.29 is 14.3 Å². The van der Waals surface area contributed by atoms with Gasteiger partial charge in [0.05, 0.1) is 19.3 Å². The minimum absolute atomic E-state index is 0.0117. The first-order chi connectivity index (χ1) is 9.58. The van der Waals surface area contributed by atoms with Crippen molar-refractivity contribution >= 4 is 17.4 Å². The lowest BCUT2D eigenvalue weighted by molar-refractivity contribution is -0.122. The highest BCUT2D eigenvalue weighted by atomic mass is 16.5. The minimum Gasteiger partial charge on any atom is -0.379 e. The van der Waals surface area contributed by atoms with Crippen LogP contribution in [0.1, 0.15) is 24.2 Å². The fraction of sp³-hybridized carbons (Fsp3) is 0.467. The number of rotatable bonds is 4. The van der Waals surface area contributed by atoms with Gasteiger partial charge < -0.3 is 10.1 Å². The number of anilines is 1. The van der Waals surface area contributed by atoms with E-state index in [1.165, 1.54) is 6.92 Å². The lowest BCUT2D eigenvalue weighted by Crippen LogP contribution is -2.47. The summed E-state index contributed by atoms with van der Waals surface area (Å²) < 4.78 is 5.28. The molecule has 1 saturated heterocycles. The number of carbonyl (C=O) groups is 2. The number of nitrogens with zero attached hydrogens (tertiary/aromatic N) is 1. The van der Waals surface area contributed by atoms with Crippen LogP contribution in [-0.2, 0) is 9.53 Å². The van der Waals surface area contributed by atoms with E-state index in [-0.39, 0.29) is 17.7 Å². The van der Waals surface area contributed by atoms with E-state index >= 15 is 0 Å². The van der Waals surface area contributed by atoms with Gasteiger partial charge in [0.25, 0.3) is 0 Å². The molecule has 0 spiro atoms. The molecule has 0 aromatic heterocycles. The van der Waals surface area contributed by atoms with Gasteiger partial charge in [0, 0.05) is 24.3 Å². The Kier molecular flexibility index (Phi) is 4.87. The first-order valence-corrected chi connectivity index (χ1v) is 6.81. The Morgan fingerprint density at radius 1 is 1.30 bits per heavy atom. The summed E-state index contributed by atoms with van der Waals surface area (Å²) in [6, 6.07) is 6.79. The molecule has 5 nitrogen and oxygen atoms in total. The Balaban J connectivity index is 1.99. The zero-order chi connectivity index (χ0) is 14.5. The molecule has 1 aromatic carbocycles. The third kappa shape index (κ3) is 3.65. The second-order valence-corrected chi connectivity index (χ2v) is 4.95. The molecule has 0 saturated carbocycles. The molecule has 1 N–H and O–H groups in total. The molecule has 20 heavy (non-hydrogen) atoms. The summed E-state index contributed by atoms with van der Waals surface area (Å²) in [5, 5.41) is 2.86. The van der Waals surface area contributed by atoms with Gasteiger partial charge in [-0.3, -0.25) is 14.5 Å². The van der Waals surface area contributed by atoms with Crippen LogP contribution in [0, 0.1) is 0 Å². The highest BCUT2D eigenvalue weighted by Gasteiger charge is 2.23. The first-order valence-electron chi connectivity index (χ1n) is 6.81. The lowest BCUT2D eigenvalue weighted by Gasteiger charge is -2.31. The average Bonchev–Trinajstić information content (AvgIpc) is 2.47. The molecule has 1 atom stereocenters. The molecule has 0 radical (unpaired) electrons. The summed E-state index contributed by atoms with van der Waals surface area (Å²) in [4.78, 5) is 25.6. The number of hydrogen-bond acceptors (Lipinski definition) is 4. The number of benzene rings is 1. The predicted molar refractivity (Wildman–Crippen MR) is 76.9 cm³/mol. The number of amides is 1. The van der Waals surface area contributed by atoms with E-state index in [2.05, 4.69) is 10.2 Å². The second kappa shape index (κ2) is 6.63. The SMILES string of the molecule is CC(=O)c1cccc(NC(=O)[C@@H](C)N2CCOCC2)c1. The number of Topliss-reactive ketones (excluding diaryl/α,β-unsaturated/α-hetero) is 1. The van der Waals surface area contributed by atoms with E-state index in [0.29, 0.717) is 24.5 Å². The van der Waals surface area contributed by atoms with E-state index in [9.17, 15) is 9.59 Å². The van der Waals surface area contributed by atoms with E-state index in [1.54, 1.807) is 24.3 Å². The largest absolute Gasteiger partial charge is 0.379 e. The van der Waals surface area contributed by atoms with Crippen LogP contribution >= 0.6 is 0 Å². The van der Waals surface area contributed by atoms with Crippen LogP contribution in [0.25, 0.3) is 0 Å². The van der Waals surface area contributed by atoms with Crippen LogP contribution in [0.5, 0.6) is 0 Å². The van der Waals surface area contributed by atoms with E-state index in [4.69, 9.17) is 4.74 Å². The molecular weight excluding hydrogens is 256 g/mol. The Hall–Kier alpha value is -1.72. The van der Waals surface area contributed by atoms with Crippen LogP contribution in [0.3, 0.4) is 0 Å². The highest BCUT2D eigenvalue weighted by Crippen LogP contribution is 2.13. The summed E-state index contributed by atoms with van der Waals surface area (Å²) in [7, 11) is 0. The maximum Gasteiger partial charge on any atom is 0.241 e. The van der Waals surface area contributed by atoms with Crippen molar-refractivity contribution in [3.63, 3.8) is 0 Å². The normalized spacial score (nSPS) is 17.5. The fourth-order valence-corrected chi connectivity index (χ4v) is 2.19. The zero-order valence-corrected chi connectivity index (χ0v) is 11.9. The Bertz CT molecular complexity index is 496. The van der Waals surface area contributed by atoms with Crippen LogP contribution in [0.4, 0.5) is 5.69 Å². The van der Waals surface area contributed by atoms with Gasteiger partial charge in [0.15, 0.2) is 5.78 Å². The van der Waals surface area contributed by atoms with Gasteiger partial charge in [-0.2, -0.15) is 0 Å². The third-order valence-electron chi connectivity index (χ3n) is 3.51. The van der Waals surface area contributed by atoms with Crippen molar-refractivity contribution in [2.24, 2.45) is 0 Å². The molecule has 1 amide bonds. The maximum atomic E-state index is 12.2. The van der Waals surface area contributed by atoms with Gasteiger partial charge in [-0.1, -0.05) is 12.1 Å². The molecule has 0 unspecified atom stereocenters. The number of ketones is 1. The van der Waals surface area contributed by atoms with Gasteiger partial charge in [0.1, 0.15) is 0 Å².